The third kappa shape index (κ3) is 15.4. The molecule has 0 amide bonds. The van der Waals surface area contributed by atoms with E-state index in [1.807, 2.05) is 7.05 Å². The van der Waals surface area contributed by atoms with Gasteiger partial charge in [0, 0.05) is 133 Å². The number of aromatic nitrogens is 4. The number of carbonyl (C=O) groups excluding carboxylic acids is 1. The predicted octanol–water partition coefficient (Wildman–Crippen LogP) is -4.81. The first-order valence-electron chi connectivity index (χ1n) is 8.35. The van der Waals surface area contributed by atoms with Crippen LogP contribution in [0.2, 0.25) is 0 Å². The van der Waals surface area contributed by atoms with E-state index in [0.717, 1.165) is 6.29 Å². The number of aryl methyl sites for hydroxylation is 2. The van der Waals surface area contributed by atoms with Gasteiger partial charge in [-0.2, -0.15) is 0 Å². The highest BCUT2D eigenvalue weighted by Gasteiger charge is 2.06. The van der Waals surface area contributed by atoms with Crippen molar-refractivity contribution in [3.63, 3.8) is 0 Å². The topological polar surface area (TPSA) is 72.9 Å². The highest BCUT2D eigenvalue weighted by molar-refractivity contribution is 7.81. The van der Waals surface area contributed by atoms with Crippen molar-refractivity contribution in [2.75, 3.05) is 0 Å². The van der Waals surface area contributed by atoms with Crippen LogP contribution in [0.5, 0.6) is 0 Å². The number of aliphatic hydroxyl groups is 1. The van der Waals surface area contributed by atoms with Crippen LogP contribution in [0.1, 0.15) is 16.4 Å². The summed E-state index contributed by atoms with van der Waals surface area (Å²) >= 11 is 0. The van der Waals surface area contributed by atoms with Crippen LogP contribution in [0, 0.1) is 0 Å². The van der Waals surface area contributed by atoms with Crippen molar-refractivity contribution in [2.24, 2.45) is 14.1 Å². The minimum absolute atomic E-state index is 0.0174. The molecule has 0 spiro atoms. The quantitative estimate of drug-likeness (QED) is 0.428. The van der Waals surface area contributed by atoms with E-state index < -0.39 is 19.2 Å². The number of aliphatic hydroxyl groups excluding tert-OH is 1. The van der Waals surface area contributed by atoms with Gasteiger partial charge in [0.05, 0.1) is 0 Å². The second kappa shape index (κ2) is 17.7. The number of carbonyl (C=O) groups is 1. The highest BCUT2D eigenvalue weighted by atomic mass is 16.3. The van der Waals surface area contributed by atoms with Gasteiger partial charge in [0.15, 0.2) is 12.1 Å². The molecule has 6 nitrogen and oxygen atoms in total. The van der Waals surface area contributed by atoms with Crippen molar-refractivity contribution in [1.82, 2.24) is 19.1 Å². The average Bonchev–Trinajstić information content (AvgIpc) is 3.29. The molecule has 0 aliphatic heterocycles. The third-order valence-electron chi connectivity index (χ3n) is 3.14. The molecule has 2 heterocycles. The molecule has 0 saturated heterocycles. The summed E-state index contributed by atoms with van der Waals surface area (Å²) in [5.41, 5.74) is 0. The third-order valence-corrected chi connectivity index (χ3v) is 3.14. The lowest BCUT2D eigenvalue weighted by Crippen LogP contribution is -2.43. The highest BCUT2D eigenvalue weighted by Crippen LogP contribution is 1.90. The first-order valence-corrected chi connectivity index (χ1v) is 8.35. The van der Waals surface area contributed by atoms with E-state index in [-0.39, 0.29) is 13.0 Å². The number of hydrogen-bond acceptors (Lipinski definition) is 4. The zero-order valence-electron chi connectivity index (χ0n) is 16.7. The van der Waals surface area contributed by atoms with Crippen LogP contribution in [-0.2, 0) is 20.7 Å². The number of rotatable bonds is 5. The maximum atomic E-state index is 10.0. The Morgan fingerprint density at radius 2 is 1.45 bits per heavy atom. The molecule has 0 bridgehead atoms. The fourth-order valence-electron chi connectivity index (χ4n) is 1.17. The largest absolute Gasteiger partial charge is 0.388 e. The second-order valence-electron chi connectivity index (χ2n) is 5.63. The minimum Gasteiger partial charge on any atom is -0.388 e. The van der Waals surface area contributed by atoms with Crippen molar-refractivity contribution in [1.29, 1.82) is 0 Å². The number of aldehydes is 1. The molecule has 2 aromatic heterocycles. The summed E-state index contributed by atoms with van der Waals surface area (Å²) < 4.78 is 3.44. The minimum atomic E-state index is -0.593. The maximum Gasteiger partial charge on any atom is 0.185 e. The molecule has 0 aromatic carbocycles. The zero-order chi connectivity index (χ0) is 23.0. The Morgan fingerprint density at radius 3 is 1.59 bits per heavy atom. The van der Waals surface area contributed by atoms with Gasteiger partial charge in [0.25, 0.3) is 0 Å². The molecule has 1 N–H and O–H groups in total. The van der Waals surface area contributed by atoms with E-state index in [2.05, 4.69) is 9.97 Å². The lowest BCUT2D eigenvalue weighted by molar-refractivity contribution is 0.111. The summed E-state index contributed by atoms with van der Waals surface area (Å²) in [5, 5.41) is 8.52. The average molecular weight is 363 g/mol. The van der Waals surface area contributed by atoms with E-state index in [0.29, 0.717) is 11.6 Å². The zero-order valence-corrected chi connectivity index (χ0v) is 16.7. The van der Waals surface area contributed by atoms with Crippen LogP contribution in [0.3, 0.4) is 0 Å². The van der Waals surface area contributed by atoms with Crippen molar-refractivity contribution < 1.29 is 9.90 Å². The van der Waals surface area contributed by atoms with E-state index in [4.69, 9.17) is 67.0 Å². The number of imidazole rings is 2. The second-order valence-corrected chi connectivity index (χ2v) is 5.63. The van der Waals surface area contributed by atoms with E-state index >= 15 is 0 Å². The monoisotopic (exact) mass is 365 g/mol. The van der Waals surface area contributed by atoms with E-state index in [1.165, 1.54) is 7.06 Å². The van der Waals surface area contributed by atoms with Gasteiger partial charge < -0.3 is 14.2 Å². The maximum absolute atomic E-state index is 10.0. The summed E-state index contributed by atoms with van der Waals surface area (Å²) in [7, 11) is 45.1. The van der Waals surface area contributed by atoms with Gasteiger partial charge in [0.2, 0.25) is 0 Å². The van der Waals surface area contributed by atoms with E-state index in [1.54, 1.807) is 41.0 Å². The normalized spacial score (nSPS) is 8.52. The number of hydrogen-bond donors (Lipinski definition) is 1. The SMILES string of the molecule is Cn1ccnc1C=O.Cn1ccnc1CO.[B]B([B])B([B])[B].[B][B]B([B])B([B])[B]. The molecule has 0 unspecified atom stereocenters. The van der Waals surface area contributed by atoms with Gasteiger partial charge in [-0.05, 0) is 0 Å². The van der Waals surface area contributed by atoms with Crippen LogP contribution in [0.4, 0.5) is 0 Å². The molecular formula is C10H14B13N4O2. The van der Waals surface area contributed by atoms with Crippen LogP contribution < -0.4 is 0 Å². The smallest absolute Gasteiger partial charge is 0.185 e. The molecule has 0 aliphatic carbocycles. The van der Waals surface area contributed by atoms with E-state index in [9.17, 15) is 4.79 Å². The van der Waals surface area contributed by atoms with Crippen LogP contribution in [0.15, 0.2) is 24.8 Å². The predicted molar refractivity (Wildman–Crippen MR) is 133 cm³/mol. The van der Waals surface area contributed by atoms with Gasteiger partial charge in [-0.1, -0.05) is 0 Å². The molecule has 0 aliphatic rings. The molecule has 0 saturated carbocycles. The Kier molecular flexibility index (Phi) is 18.4. The Balaban J connectivity index is 0. The summed E-state index contributed by atoms with van der Waals surface area (Å²) in [6.07, 6.45) is 5.38. The van der Waals surface area contributed by atoms with Crippen LogP contribution >= 0.6 is 0 Å². The fourth-order valence-corrected chi connectivity index (χ4v) is 1.17. The Labute approximate surface area is 187 Å². The Morgan fingerprint density at radius 1 is 0.966 bits per heavy atom. The first-order chi connectivity index (χ1) is 13.5. The molecule has 29 heavy (non-hydrogen) atoms. The Bertz CT molecular complexity index is 647. The van der Waals surface area contributed by atoms with Gasteiger partial charge in [-0.3, -0.25) is 4.79 Å². The van der Waals surface area contributed by atoms with Gasteiger partial charge in [-0.25, -0.2) is 9.97 Å². The van der Waals surface area contributed by atoms with Gasteiger partial charge >= 0.3 is 0 Å². The lowest BCUT2D eigenvalue weighted by atomic mass is 8.76. The summed E-state index contributed by atoms with van der Waals surface area (Å²) in [5.74, 6) is 1.16. The fraction of sp³-hybridized carbons (Fsp3) is 0.300. The van der Waals surface area contributed by atoms with Crippen molar-refractivity contribution in [3.8, 4) is 0 Å². The molecular weight excluding hydrogens is 349 g/mol. The van der Waals surface area contributed by atoms with Crippen molar-refractivity contribution in [3.05, 3.63) is 36.4 Å². The van der Waals surface area contributed by atoms with Crippen molar-refractivity contribution in [2.45, 2.75) is 6.61 Å². The lowest BCUT2D eigenvalue weighted by Gasteiger charge is -2.05. The standard InChI is InChI=1S/C5H8N2O.C5H6N2O.B7.B6/c2*1-7-3-2-6-5(7)4-8;1-5-7(4)6(2)3;1-5(2)6(3)4/h2-3,8H,4H2,1H3;2-4H,1H3;;. The molecule has 2 aromatic rings. The molecule has 125 valence electrons. The molecule has 2 rings (SSSR count). The van der Waals surface area contributed by atoms with Crippen LogP contribution in [0.25, 0.3) is 0 Å². The molecule has 19 heteroatoms. The number of nitrogens with zero attached hydrogens (tertiary/aromatic N) is 4. The van der Waals surface area contributed by atoms with Crippen molar-refractivity contribution >= 4 is 101 Å². The summed E-state index contributed by atoms with van der Waals surface area (Å²) in [6, 6.07) is 0. The van der Waals surface area contributed by atoms with Crippen LogP contribution in [-0.4, -0.2) is 125 Å². The molecule has 17 radical (unpaired) electrons. The van der Waals surface area contributed by atoms with Gasteiger partial charge in [0.1, 0.15) is 12.4 Å². The Hall–Kier alpha value is -1.11. The van der Waals surface area contributed by atoms with Gasteiger partial charge in [-0.15, -0.1) is 0 Å². The molecule has 0 fully saturated rings. The summed E-state index contributed by atoms with van der Waals surface area (Å²) in [4.78, 5) is 17.6. The summed E-state index contributed by atoms with van der Waals surface area (Å²) in [6.45, 7) is 0.0174. The first kappa shape index (κ1) is 30.1. The molecule has 0 atom stereocenters.